The van der Waals surface area contributed by atoms with Crippen molar-refractivity contribution in [2.45, 2.75) is 30.0 Å². The molecule has 1 aliphatic rings. The second kappa shape index (κ2) is 9.48. The van der Waals surface area contributed by atoms with Crippen LogP contribution in [-0.2, 0) is 23.8 Å². The maximum atomic E-state index is 12.9. The standard InChI is InChI=1S/C20H21NO7S2/c1-4-27-18(23)13-12(10-6-8-11(9-7-10)17(22)26-3)14-16(21-20(25)30-14)29-15(13)19(24)28-5-2/h6-9,12-13,15H,4-5H2,1-3H3,(H,21,25)/t12-,13-,15+/m1/s1. The van der Waals surface area contributed by atoms with E-state index < -0.39 is 35.0 Å². The number of thiazole rings is 1. The molecule has 8 nitrogen and oxygen atoms in total. The maximum Gasteiger partial charge on any atom is 0.337 e. The Morgan fingerprint density at radius 2 is 1.67 bits per heavy atom. The van der Waals surface area contributed by atoms with Gasteiger partial charge in [0.25, 0.3) is 0 Å². The molecular formula is C20H21NO7S2. The summed E-state index contributed by atoms with van der Waals surface area (Å²) in [5.74, 6) is -3.08. The number of rotatable bonds is 6. The zero-order valence-electron chi connectivity index (χ0n) is 16.6. The van der Waals surface area contributed by atoms with E-state index in [1.807, 2.05) is 0 Å². The zero-order chi connectivity index (χ0) is 21.8. The average Bonchev–Trinajstić information content (AvgIpc) is 3.12. The number of ether oxygens (including phenoxy) is 3. The summed E-state index contributed by atoms with van der Waals surface area (Å²) in [4.78, 5) is 52.6. The minimum atomic E-state index is -0.892. The van der Waals surface area contributed by atoms with Crippen LogP contribution in [0.2, 0.25) is 0 Å². The summed E-state index contributed by atoms with van der Waals surface area (Å²) in [6.45, 7) is 3.69. The number of nitrogens with one attached hydrogen (secondary N) is 1. The highest BCUT2D eigenvalue weighted by atomic mass is 32.2. The fourth-order valence-corrected chi connectivity index (χ4v) is 5.84. The molecule has 0 saturated heterocycles. The first-order chi connectivity index (χ1) is 14.4. The van der Waals surface area contributed by atoms with Crippen LogP contribution in [0, 0.1) is 5.92 Å². The van der Waals surface area contributed by atoms with Crippen LogP contribution >= 0.6 is 23.1 Å². The van der Waals surface area contributed by atoms with Gasteiger partial charge in [-0.05, 0) is 31.5 Å². The number of hydrogen-bond acceptors (Lipinski definition) is 9. The fourth-order valence-electron chi connectivity index (χ4n) is 3.38. The number of carbonyl (C=O) groups is 3. The molecule has 0 spiro atoms. The normalized spacial score (nSPS) is 20.2. The zero-order valence-corrected chi connectivity index (χ0v) is 18.3. The van der Waals surface area contributed by atoms with Crippen molar-refractivity contribution >= 4 is 41.0 Å². The molecule has 0 aliphatic carbocycles. The fraction of sp³-hybridized carbons (Fsp3) is 0.400. The number of thioether (sulfide) groups is 1. The molecule has 0 fully saturated rings. The second-order valence-electron chi connectivity index (χ2n) is 6.37. The quantitative estimate of drug-likeness (QED) is 0.527. The largest absolute Gasteiger partial charge is 0.466 e. The minimum Gasteiger partial charge on any atom is -0.466 e. The number of esters is 3. The summed E-state index contributed by atoms with van der Waals surface area (Å²) in [5, 5.41) is -0.349. The average molecular weight is 452 g/mol. The molecule has 0 radical (unpaired) electrons. The van der Waals surface area contributed by atoms with Crippen LogP contribution in [0.4, 0.5) is 0 Å². The molecule has 30 heavy (non-hydrogen) atoms. The van der Waals surface area contributed by atoms with Crippen molar-refractivity contribution in [2.24, 2.45) is 5.92 Å². The molecule has 3 rings (SSSR count). The highest BCUT2D eigenvalue weighted by Gasteiger charge is 2.49. The molecule has 0 amide bonds. The van der Waals surface area contributed by atoms with Gasteiger partial charge in [0.05, 0.1) is 36.8 Å². The van der Waals surface area contributed by atoms with E-state index in [4.69, 9.17) is 14.2 Å². The Morgan fingerprint density at radius 1 is 1.03 bits per heavy atom. The third kappa shape index (κ3) is 4.29. The maximum absolute atomic E-state index is 12.9. The number of fused-ring (bicyclic) bond motifs is 1. The van der Waals surface area contributed by atoms with Crippen LogP contribution in [0.5, 0.6) is 0 Å². The molecule has 0 saturated carbocycles. The van der Waals surface area contributed by atoms with Crippen molar-refractivity contribution in [1.29, 1.82) is 0 Å². The topological polar surface area (TPSA) is 112 Å². The summed E-state index contributed by atoms with van der Waals surface area (Å²) in [6.07, 6.45) is 0. The van der Waals surface area contributed by atoms with Gasteiger partial charge in [0.15, 0.2) is 0 Å². The van der Waals surface area contributed by atoms with Crippen molar-refractivity contribution in [2.75, 3.05) is 20.3 Å². The van der Waals surface area contributed by atoms with Crippen LogP contribution in [0.1, 0.15) is 40.6 Å². The first-order valence-corrected chi connectivity index (χ1v) is 11.0. The molecule has 1 aliphatic heterocycles. The van der Waals surface area contributed by atoms with Crippen LogP contribution in [0.15, 0.2) is 34.1 Å². The van der Waals surface area contributed by atoms with Gasteiger partial charge in [-0.3, -0.25) is 14.4 Å². The summed E-state index contributed by atoms with van der Waals surface area (Å²) in [6, 6.07) is 6.55. The van der Waals surface area contributed by atoms with Gasteiger partial charge in [-0.25, -0.2) is 4.79 Å². The Balaban J connectivity index is 2.13. The third-order valence-corrected chi connectivity index (χ3v) is 7.02. The lowest BCUT2D eigenvalue weighted by Crippen LogP contribution is -2.41. The molecule has 2 aromatic rings. The summed E-state index contributed by atoms with van der Waals surface area (Å²) in [7, 11) is 1.29. The monoisotopic (exact) mass is 451 g/mol. The summed E-state index contributed by atoms with van der Waals surface area (Å²) in [5.41, 5.74) is 1.02. The number of H-pyrrole nitrogens is 1. The van der Waals surface area contributed by atoms with Gasteiger partial charge in [0.1, 0.15) is 5.25 Å². The number of carbonyl (C=O) groups excluding carboxylic acids is 3. The molecule has 0 unspecified atom stereocenters. The molecule has 160 valence electrons. The van der Waals surface area contributed by atoms with Crippen molar-refractivity contribution in [3.05, 3.63) is 49.9 Å². The SMILES string of the molecule is CCOC(=O)[C@@H]1[C@@H](c2ccc(C(=O)OC)cc2)c2sc(=O)[nH]c2S[C@@H]1C(=O)OCC. The number of benzene rings is 1. The Bertz CT molecular complexity index is 995. The van der Waals surface area contributed by atoms with E-state index in [0.717, 1.165) is 23.1 Å². The highest BCUT2D eigenvalue weighted by Crippen LogP contribution is 2.49. The first-order valence-electron chi connectivity index (χ1n) is 9.32. The summed E-state index contributed by atoms with van der Waals surface area (Å²) < 4.78 is 15.2. The van der Waals surface area contributed by atoms with E-state index in [9.17, 15) is 19.2 Å². The molecule has 2 heterocycles. The van der Waals surface area contributed by atoms with Crippen LogP contribution < -0.4 is 4.87 Å². The van der Waals surface area contributed by atoms with Crippen LogP contribution in [-0.4, -0.2) is 48.5 Å². The predicted octanol–water partition coefficient (Wildman–Crippen LogP) is 2.57. The minimum absolute atomic E-state index is 0.153. The van der Waals surface area contributed by atoms with Gasteiger partial charge in [-0.15, -0.1) is 0 Å². The molecule has 1 aromatic carbocycles. The molecule has 10 heteroatoms. The van der Waals surface area contributed by atoms with E-state index in [2.05, 4.69) is 4.98 Å². The van der Waals surface area contributed by atoms with E-state index in [-0.39, 0.29) is 18.1 Å². The van der Waals surface area contributed by atoms with Gasteiger partial charge < -0.3 is 19.2 Å². The smallest absolute Gasteiger partial charge is 0.337 e. The predicted molar refractivity (Wildman–Crippen MR) is 111 cm³/mol. The van der Waals surface area contributed by atoms with Gasteiger partial charge in [-0.1, -0.05) is 35.2 Å². The molecule has 1 aromatic heterocycles. The van der Waals surface area contributed by atoms with E-state index in [1.54, 1.807) is 38.1 Å². The molecular weight excluding hydrogens is 430 g/mol. The number of aromatic nitrogens is 1. The second-order valence-corrected chi connectivity index (χ2v) is 8.53. The lowest BCUT2D eigenvalue weighted by Gasteiger charge is -2.34. The number of methoxy groups -OCH3 is 1. The van der Waals surface area contributed by atoms with Crippen LogP contribution in [0.25, 0.3) is 0 Å². The lowest BCUT2D eigenvalue weighted by molar-refractivity contribution is -0.154. The molecule has 3 atom stereocenters. The Kier molecular flexibility index (Phi) is 6.99. The number of aromatic amines is 1. The van der Waals surface area contributed by atoms with Gasteiger partial charge in [0.2, 0.25) is 0 Å². The van der Waals surface area contributed by atoms with E-state index >= 15 is 0 Å². The van der Waals surface area contributed by atoms with E-state index in [0.29, 0.717) is 21.0 Å². The molecule has 1 N–H and O–H groups in total. The van der Waals surface area contributed by atoms with Crippen molar-refractivity contribution < 1.29 is 28.6 Å². The Hall–Kier alpha value is -2.59. The van der Waals surface area contributed by atoms with Crippen molar-refractivity contribution in [3.8, 4) is 0 Å². The van der Waals surface area contributed by atoms with Crippen molar-refractivity contribution in [3.63, 3.8) is 0 Å². The van der Waals surface area contributed by atoms with E-state index in [1.165, 1.54) is 7.11 Å². The third-order valence-electron chi connectivity index (χ3n) is 4.62. The van der Waals surface area contributed by atoms with Gasteiger partial charge in [0, 0.05) is 10.8 Å². The lowest BCUT2D eigenvalue weighted by atomic mass is 9.82. The Morgan fingerprint density at radius 3 is 2.27 bits per heavy atom. The van der Waals surface area contributed by atoms with Crippen LogP contribution in [0.3, 0.4) is 0 Å². The number of hydrogen-bond donors (Lipinski definition) is 1. The van der Waals surface area contributed by atoms with Gasteiger partial charge >= 0.3 is 22.8 Å². The first kappa shape index (κ1) is 22.1. The Labute approximate surface area is 180 Å². The molecule has 0 bridgehead atoms. The highest BCUT2D eigenvalue weighted by molar-refractivity contribution is 8.00. The van der Waals surface area contributed by atoms with Gasteiger partial charge in [-0.2, -0.15) is 0 Å². The van der Waals surface area contributed by atoms with Crippen molar-refractivity contribution in [1.82, 2.24) is 4.98 Å². The summed E-state index contributed by atoms with van der Waals surface area (Å²) >= 11 is 2.09.